The van der Waals surface area contributed by atoms with E-state index < -0.39 is 5.97 Å². The molecule has 1 aromatic carbocycles. The predicted octanol–water partition coefficient (Wildman–Crippen LogP) is 2.59. The topological polar surface area (TPSA) is 80.6 Å². The number of nitrogen functional groups attached to an aromatic ring is 1. The third-order valence-corrected chi connectivity index (χ3v) is 3.25. The first-order valence-electron chi connectivity index (χ1n) is 6.15. The molecule has 0 bridgehead atoms. The van der Waals surface area contributed by atoms with Crippen LogP contribution in [0.15, 0.2) is 42.6 Å². The van der Waals surface area contributed by atoms with Crippen LogP contribution in [0.3, 0.4) is 0 Å². The van der Waals surface area contributed by atoms with Gasteiger partial charge in [0.05, 0.1) is 5.52 Å². The number of rotatable bonds is 2. The number of carbonyl (C=O) groups is 1. The van der Waals surface area contributed by atoms with E-state index in [1.807, 2.05) is 31.2 Å². The van der Waals surface area contributed by atoms with Crippen LogP contribution in [0.5, 0.6) is 0 Å². The van der Waals surface area contributed by atoms with Gasteiger partial charge in [-0.05, 0) is 24.6 Å². The van der Waals surface area contributed by atoms with Gasteiger partial charge in [0, 0.05) is 17.4 Å². The van der Waals surface area contributed by atoms with Gasteiger partial charge in [-0.15, -0.1) is 0 Å². The van der Waals surface area contributed by atoms with Crippen molar-refractivity contribution in [1.29, 1.82) is 0 Å². The molecule has 5 heteroatoms. The average molecular weight is 267 g/mol. The van der Waals surface area contributed by atoms with Gasteiger partial charge in [0.15, 0.2) is 5.69 Å². The van der Waals surface area contributed by atoms with Crippen molar-refractivity contribution in [3.8, 4) is 11.4 Å². The summed E-state index contributed by atoms with van der Waals surface area (Å²) in [5.74, 6) is -0.463. The fraction of sp³-hybridized carbons (Fsp3) is 0.0667. The maximum atomic E-state index is 11.3. The van der Waals surface area contributed by atoms with Gasteiger partial charge in [0.25, 0.3) is 0 Å². The number of anilines is 1. The van der Waals surface area contributed by atoms with Crippen molar-refractivity contribution in [3.05, 3.63) is 53.9 Å². The van der Waals surface area contributed by atoms with Gasteiger partial charge in [0.2, 0.25) is 0 Å². The Kier molecular flexibility index (Phi) is 2.68. The molecule has 0 radical (unpaired) electrons. The van der Waals surface area contributed by atoms with E-state index in [0.717, 1.165) is 11.1 Å². The molecular weight excluding hydrogens is 254 g/mol. The van der Waals surface area contributed by atoms with Crippen LogP contribution in [0.2, 0.25) is 0 Å². The Morgan fingerprint density at radius 1 is 1.25 bits per heavy atom. The molecule has 0 aliphatic heterocycles. The van der Waals surface area contributed by atoms with Crippen LogP contribution >= 0.6 is 0 Å². The summed E-state index contributed by atoms with van der Waals surface area (Å²) >= 11 is 0. The number of hydrogen-bond acceptors (Lipinski definition) is 3. The molecule has 5 nitrogen and oxygen atoms in total. The highest BCUT2D eigenvalue weighted by atomic mass is 16.4. The lowest BCUT2D eigenvalue weighted by atomic mass is 10.1. The summed E-state index contributed by atoms with van der Waals surface area (Å²) in [7, 11) is 0. The van der Waals surface area contributed by atoms with Crippen molar-refractivity contribution in [2.45, 2.75) is 6.92 Å². The Labute approximate surface area is 115 Å². The van der Waals surface area contributed by atoms with E-state index >= 15 is 0 Å². The van der Waals surface area contributed by atoms with Crippen molar-refractivity contribution < 1.29 is 9.90 Å². The first-order chi connectivity index (χ1) is 9.58. The Morgan fingerprint density at radius 2 is 2.00 bits per heavy atom. The molecule has 0 aliphatic rings. The standard InChI is InChI=1S/C15H13N3O2/c1-9-4-2-3-5-11(9)14-17-13(15(19)20)12-7-6-10(16)8-18(12)14/h2-8H,16H2,1H3,(H,19,20). The van der Waals surface area contributed by atoms with Crippen LogP contribution in [-0.2, 0) is 0 Å². The number of nitrogens with two attached hydrogens (primary N) is 1. The van der Waals surface area contributed by atoms with Crippen LogP contribution in [0.1, 0.15) is 16.1 Å². The quantitative estimate of drug-likeness (QED) is 0.747. The summed E-state index contributed by atoms with van der Waals surface area (Å²) in [6.45, 7) is 1.96. The number of aromatic nitrogens is 2. The summed E-state index contributed by atoms with van der Waals surface area (Å²) in [5, 5.41) is 9.27. The molecule has 0 spiro atoms. The Balaban J connectivity index is 2.39. The molecule has 20 heavy (non-hydrogen) atoms. The fourth-order valence-corrected chi connectivity index (χ4v) is 2.27. The normalized spacial score (nSPS) is 10.8. The first-order valence-corrected chi connectivity index (χ1v) is 6.15. The van der Waals surface area contributed by atoms with Gasteiger partial charge in [-0.2, -0.15) is 0 Å². The number of aromatic carboxylic acids is 1. The van der Waals surface area contributed by atoms with Gasteiger partial charge in [-0.1, -0.05) is 24.3 Å². The number of benzene rings is 1. The van der Waals surface area contributed by atoms with Gasteiger partial charge in [-0.3, -0.25) is 4.40 Å². The number of carboxylic acids is 1. The summed E-state index contributed by atoms with van der Waals surface area (Å²) in [4.78, 5) is 15.6. The molecule has 2 aromatic heterocycles. The van der Waals surface area contributed by atoms with Gasteiger partial charge in [0.1, 0.15) is 5.82 Å². The van der Waals surface area contributed by atoms with E-state index in [1.54, 1.807) is 22.7 Å². The molecule has 0 saturated carbocycles. The minimum atomic E-state index is -1.05. The Hall–Kier alpha value is -2.82. The van der Waals surface area contributed by atoms with Crippen molar-refractivity contribution in [3.63, 3.8) is 0 Å². The molecule has 0 amide bonds. The number of imidazole rings is 1. The third kappa shape index (κ3) is 1.80. The minimum absolute atomic E-state index is 0.0308. The lowest BCUT2D eigenvalue weighted by molar-refractivity contribution is 0.0693. The number of fused-ring (bicyclic) bond motifs is 1. The van der Waals surface area contributed by atoms with Gasteiger partial charge in [-0.25, -0.2) is 9.78 Å². The highest BCUT2D eigenvalue weighted by Gasteiger charge is 2.18. The molecule has 0 saturated heterocycles. The number of nitrogens with zero attached hydrogens (tertiary/aromatic N) is 2. The van der Waals surface area contributed by atoms with E-state index in [2.05, 4.69) is 4.98 Å². The number of hydrogen-bond donors (Lipinski definition) is 2. The van der Waals surface area contributed by atoms with Crippen molar-refractivity contribution in [1.82, 2.24) is 9.38 Å². The zero-order chi connectivity index (χ0) is 14.3. The zero-order valence-electron chi connectivity index (χ0n) is 10.9. The second kappa shape index (κ2) is 4.38. The van der Waals surface area contributed by atoms with E-state index in [1.165, 1.54) is 0 Å². The lowest BCUT2D eigenvalue weighted by Gasteiger charge is -2.05. The van der Waals surface area contributed by atoms with Crippen LogP contribution in [0, 0.1) is 6.92 Å². The molecule has 0 fully saturated rings. The van der Waals surface area contributed by atoms with Crippen molar-refractivity contribution >= 4 is 17.2 Å². The van der Waals surface area contributed by atoms with Crippen molar-refractivity contribution in [2.24, 2.45) is 0 Å². The van der Waals surface area contributed by atoms with E-state index in [4.69, 9.17) is 5.73 Å². The number of carboxylic acid groups (broad SMARTS) is 1. The smallest absolute Gasteiger partial charge is 0.356 e. The van der Waals surface area contributed by atoms with E-state index in [-0.39, 0.29) is 5.69 Å². The SMILES string of the molecule is Cc1ccccc1-c1nc(C(=O)O)c2ccc(N)cn12. The second-order valence-electron chi connectivity index (χ2n) is 4.62. The maximum Gasteiger partial charge on any atom is 0.356 e. The Morgan fingerprint density at radius 3 is 2.70 bits per heavy atom. The molecule has 100 valence electrons. The molecular formula is C15H13N3O2. The monoisotopic (exact) mass is 267 g/mol. The average Bonchev–Trinajstić information content (AvgIpc) is 2.78. The molecule has 0 atom stereocenters. The van der Waals surface area contributed by atoms with E-state index in [9.17, 15) is 9.90 Å². The first kappa shape index (κ1) is 12.2. The molecule has 0 aliphatic carbocycles. The molecule has 3 aromatic rings. The van der Waals surface area contributed by atoms with Crippen LogP contribution in [0.4, 0.5) is 5.69 Å². The highest BCUT2D eigenvalue weighted by Crippen LogP contribution is 2.26. The third-order valence-electron chi connectivity index (χ3n) is 3.25. The molecule has 3 rings (SSSR count). The summed E-state index contributed by atoms with van der Waals surface area (Å²) in [6.07, 6.45) is 1.69. The minimum Gasteiger partial charge on any atom is -0.476 e. The number of pyridine rings is 1. The summed E-state index contributed by atoms with van der Waals surface area (Å²) in [5.41, 5.74) is 8.83. The summed E-state index contributed by atoms with van der Waals surface area (Å²) in [6, 6.07) is 11.1. The van der Waals surface area contributed by atoms with Crippen molar-refractivity contribution in [2.75, 3.05) is 5.73 Å². The Bertz CT molecular complexity index is 821. The molecule has 2 heterocycles. The van der Waals surface area contributed by atoms with Crippen LogP contribution in [0.25, 0.3) is 16.9 Å². The van der Waals surface area contributed by atoms with Crippen LogP contribution in [-0.4, -0.2) is 20.5 Å². The van der Waals surface area contributed by atoms with E-state index in [0.29, 0.717) is 17.0 Å². The van der Waals surface area contributed by atoms with Crippen LogP contribution < -0.4 is 5.73 Å². The number of aryl methyl sites for hydroxylation is 1. The predicted molar refractivity (Wildman–Crippen MR) is 76.7 cm³/mol. The second-order valence-corrected chi connectivity index (χ2v) is 4.62. The zero-order valence-corrected chi connectivity index (χ0v) is 10.9. The summed E-state index contributed by atoms with van der Waals surface area (Å²) < 4.78 is 1.72. The largest absolute Gasteiger partial charge is 0.476 e. The fourth-order valence-electron chi connectivity index (χ4n) is 2.27. The molecule has 3 N–H and O–H groups in total. The molecule has 0 unspecified atom stereocenters. The maximum absolute atomic E-state index is 11.3. The highest BCUT2D eigenvalue weighted by molar-refractivity contribution is 5.95. The lowest BCUT2D eigenvalue weighted by Crippen LogP contribution is -1.97. The van der Waals surface area contributed by atoms with Gasteiger partial charge >= 0.3 is 5.97 Å². The van der Waals surface area contributed by atoms with Gasteiger partial charge < -0.3 is 10.8 Å².